The Hall–Kier alpha value is -1.51. The normalized spacial score (nSPS) is 22.0. The van der Waals surface area contributed by atoms with Crippen LogP contribution in [0.1, 0.15) is 17.9 Å². The average Bonchev–Trinajstić information content (AvgIpc) is 2.44. The van der Waals surface area contributed by atoms with Crippen LogP contribution in [0.15, 0.2) is 30.3 Å². The third-order valence-corrected chi connectivity index (χ3v) is 2.46. The summed E-state index contributed by atoms with van der Waals surface area (Å²) in [4.78, 5) is 10.9. The summed E-state index contributed by atoms with van der Waals surface area (Å²) in [5, 5.41) is 2.73. The van der Waals surface area contributed by atoms with Crippen molar-refractivity contribution in [3.05, 3.63) is 35.9 Å². The molecule has 0 aliphatic carbocycles. The Bertz CT molecular complexity index is 310. The molecule has 0 saturated carbocycles. The summed E-state index contributed by atoms with van der Waals surface area (Å²) >= 11 is 0. The van der Waals surface area contributed by atoms with Gasteiger partial charge in [-0.3, -0.25) is 0 Å². The standard InChI is InChI=1S/C11H13NO2/c13-11-12-8-10(6-7-14-11)9-4-2-1-3-5-9/h1-5,10H,6-8H2,(H,12,13). The maximum Gasteiger partial charge on any atom is 0.407 e. The van der Waals surface area contributed by atoms with E-state index >= 15 is 0 Å². The first-order chi connectivity index (χ1) is 6.86. The summed E-state index contributed by atoms with van der Waals surface area (Å²) in [6, 6.07) is 10.2. The van der Waals surface area contributed by atoms with Crippen LogP contribution in [0, 0.1) is 0 Å². The number of ether oxygens (including phenoxy) is 1. The molecule has 1 fully saturated rings. The number of amides is 1. The number of alkyl carbamates (subject to hydrolysis) is 1. The van der Waals surface area contributed by atoms with Crippen LogP contribution in [0.25, 0.3) is 0 Å². The van der Waals surface area contributed by atoms with Crippen molar-refractivity contribution in [2.75, 3.05) is 13.2 Å². The lowest BCUT2D eigenvalue weighted by Crippen LogP contribution is -2.24. The molecule has 1 aliphatic rings. The van der Waals surface area contributed by atoms with Crippen LogP contribution in [0.2, 0.25) is 0 Å². The zero-order valence-corrected chi connectivity index (χ0v) is 7.90. The average molecular weight is 191 g/mol. The predicted octanol–water partition coefficient (Wildman–Crippen LogP) is 1.90. The number of cyclic esters (lactones) is 1. The fourth-order valence-electron chi connectivity index (χ4n) is 1.66. The van der Waals surface area contributed by atoms with Gasteiger partial charge in [-0.1, -0.05) is 30.3 Å². The maximum atomic E-state index is 10.9. The molecular formula is C11H13NO2. The number of carbonyl (C=O) groups is 1. The first-order valence-corrected chi connectivity index (χ1v) is 4.82. The molecule has 1 aromatic carbocycles. The summed E-state index contributed by atoms with van der Waals surface area (Å²) in [6.07, 6.45) is 0.589. The van der Waals surface area contributed by atoms with Crippen molar-refractivity contribution in [2.45, 2.75) is 12.3 Å². The molecule has 0 radical (unpaired) electrons. The van der Waals surface area contributed by atoms with Crippen LogP contribution in [0.4, 0.5) is 4.79 Å². The smallest absolute Gasteiger partial charge is 0.407 e. The van der Waals surface area contributed by atoms with E-state index in [0.717, 1.165) is 6.42 Å². The lowest BCUT2D eigenvalue weighted by Gasteiger charge is -2.12. The van der Waals surface area contributed by atoms with Gasteiger partial charge in [0.15, 0.2) is 0 Å². The Labute approximate surface area is 83.1 Å². The Morgan fingerprint density at radius 3 is 2.86 bits per heavy atom. The van der Waals surface area contributed by atoms with Gasteiger partial charge in [0.1, 0.15) is 0 Å². The molecule has 3 heteroatoms. The Morgan fingerprint density at radius 2 is 2.07 bits per heavy atom. The number of hydrogen-bond donors (Lipinski definition) is 1. The molecule has 1 amide bonds. The fourth-order valence-corrected chi connectivity index (χ4v) is 1.66. The Balaban J connectivity index is 2.08. The first-order valence-electron chi connectivity index (χ1n) is 4.82. The predicted molar refractivity (Wildman–Crippen MR) is 53.2 cm³/mol. The highest BCUT2D eigenvalue weighted by molar-refractivity contribution is 5.67. The quantitative estimate of drug-likeness (QED) is 0.736. The van der Waals surface area contributed by atoms with E-state index in [-0.39, 0.29) is 6.09 Å². The molecule has 2 rings (SSSR count). The van der Waals surface area contributed by atoms with Gasteiger partial charge in [0, 0.05) is 12.5 Å². The van der Waals surface area contributed by atoms with Crippen LogP contribution >= 0.6 is 0 Å². The second kappa shape index (κ2) is 4.13. The molecule has 74 valence electrons. The van der Waals surface area contributed by atoms with Gasteiger partial charge in [0.2, 0.25) is 0 Å². The van der Waals surface area contributed by atoms with Crippen molar-refractivity contribution in [1.82, 2.24) is 5.32 Å². The van der Waals surface area contributed by atoms with Gasteiger partial charge in [-0.05, 0) is 12.0 Å². The van der Waals surface area contributed by atoms with Crippen LogP contribution in [-0.2, 0) is 4.74 Å². The molecule has 1 heterocycles. The van der Waals surface area contributed by atoms with Gasteiger partial charge in [-0.2, -0.15) is 0 Å². The lowest BCUT2D eigenvalue weighted by molar-refractivity contribution is 0.152. The second-order valence-corrected chi connectivity index (χ2v) is 3.41. The minimum absolute atomic E-state index is 0.302. The second-order valence-electron chi connectivity index (χ2n) is 3.41. The van der Waals surface area contributed by atoms with E-state index in [4.69, 9.17) is 4.74 Å². The molecule has 1 saturated heterocycles. The van der Waals surface area contributed by atoms with Crippen LogP contribution in [0.3, 0.4) is 0 Å². The molecule has 1 N–H and O–H groups in total. The molecule has 3 nitrogen and oxygen atoms in total. The SMILES string of the molecule is O=C1NCC(c2ccccc2)CCO1. The summed E-state index contributed by atoms with van der Waals surface area (Å²) in [5.41, 5.74) is 1.26. The van der Waals surface area contributed by atoms with Crippen molar-refractivity contribution in [2.24, 2.45) is 0 Å². The van der Waals surface area contributed by atoms with Gasteiger partial charge in [-0.15, -0.1) is 0 Å². The van der Waals surface area contributed by atoms with E-state index in [1.54, 1.807) is 0 Å². The molecule has 1 atom stereocenters. The van der Waals surface area contributed by atoms with Crippen LogP contribution in [0.5, 0.6) is 0 Å². The zero-order valence-electron chi connectivity index (χ0n) is 7.90. The molecule has 0 bridgehead atoms. The lowest BCUT2D eigenvalue weighted by atomic mass is 9.96. The van der Waals surface area contributed by atoms with E-state index in [2.05, 4.69) is 17.4 Å². The van der Waals surface area contributed by atoms with Gasteiger partial charge < -0.3 is 10.1 Å². The summed E-state index contributed by atoms with van der Waals surface area (Å²) < 4.78 is 4.90. The fraction of sp³-hybridized carbons (Fsp3) is 0.364. The van der Waals surface area contributed by atoms with Gasteiger partial charge in [0.05, 0.1) is 6.61 Å². The molecular weight excluding hydrogens is 178 g/mol. The van der Waals surface area contributed by atoms with E-state index in [1.165, 1.54) is 5.56 Å². The highest BCUT2D eigenvalue weighted by Crippen LogP contribution is 2.20. The van der Waals surface area contributed by atoms with E-state index in [0.29, 0.717) is 19.1 Å². The van der Waals surface area contributed by atoms with E-state index in [9.17, 15) is 4.79 Å². The number of carbonyl (C=O) groups excluding carboxylic acids is 1. The van der Waals surface area contributed by atoms with Crippen molar-refractivity contribution < 1.29 is 9.53 Å². The van der Waals surface area contributed by atoms with Crippen LogP contribution < -0.4 is 5.32 Å². The van der Waals surface area contributed by atoms with Crippen molar-refractivity contribution >= 4 is 6.09 Å². The molecule has 0 spiro atoms. The minimum atomic E-state index is -0.302. The topological polar surface area (TPSA) is 38.3 Å². The molecule has 0 aromatic heterocycles. The zero-order chi connectivity index (χ0) is 9.80. The van der Waals surface area contributed by atoms with E-state index in [1.807, 2.05) is 18.2 Å². The molecule has 14 heavy (non-hydrogen) atoms. The van der Waals surface area contributed by atoms with Crippen LogP contribution in [-0.4, -0.2) is 19.2 Å². The monoisotopic (exact) mass is 191 g/mol. The third-order valence-electron chi connectivity index (χ3n) is 2.46. The summed E-state index contributed by atoms with van der Waals surface area (Å²) in [7, 11) is 0. The Kier molecular flexibility index (Phi) is 2.68. The first kappa shape index (κ1) is 9.06. The molecule has 1 aromatic rings. The summed E-state index contributed by atoms with van der Waals surface area (Å²) in [5.74, 6) is 0.377. The van der Waals surface area contributed by atoms with Gasteiger partial charge in [0.25, 0.3) is 0 Å². The highest BCUT2D eigenvalue weighted by Gasteiger charge is 2.17. The summed E-state index contributed by atoms with van der Waals surface area (Å²) in [6.45, 7) is 1.17. The number of rotatable bonds is 1. The van der Waals surface area contributed by atoms with E-state index < -0.39 is 0 Å². The number of nitrogens with one attached hydrogen (secondary N) is 1. The largest absolute Gasteiger partial charge is 0.450 e. The van der Waals surface area contributed by atoms with Crippen molar-refractivity contribution in [1.29, 1.82) is 0 Å². The van der Waals surface area contributed by atoms with Gasteiger partial charge in [-0.25, -0.2) is 4.79 Å². The van der Waals surface area contributed by atoms with Crippen molar-refractivity contribution in [3.63, 3.8) is 0 Å². The third kappa shape index (κ3) is 2.05. The highest BCUT2D eigenvalue weighted by atomic mass is 16.5. The minimum Gasteiger partial charge on any atom is -0.450 e. The molecule has 1 aliphatic heterocycles. The van der Waals surface area contributed by atoms with Crippen molar-refractivity contribution in [3.8, 4) is 0 Å². The van der Waals surface area contributed by atoms with Gasteiger partial charge >= 0.3 is 6.09 Å². The number of hydrogen-bond acceptors (Lipinski definition) is 2. The molecule has 1 unspecified atom stereocenters. The Morgan fingerprint density at radius 1 is 1.29 bits per heavy atom. The maximum absolute atomic E-state index is 10.9. The number of benzene rings is 1.